The Morgan fingerprint density at radius 3 is 1.18 bits per heavy atom. The molecule has 0 aromatic carbocycles. The van der Waals surface area contributed by atoms with Gasteiger partial charge in [0.2, 0.25) is 0 Å². The molecule has 0 amide bonds. The lowest BCUT2D eigenvalue weighted by Crippen LogP contribution is -2.46. The van der Waals surface area contributed by atoms with E-state index in [2.05, 4.69) is 36.3 Å². The molecule has 0 radical (unpaired) electrons. The average molecular weight is 994 g/mol. The first-order chi connectivity index (χ1) is 26.9. The second-order valence-electron chi connectivity index (χ2n) is 12.3. The van der Waals surface area contributed by atoms with Crippen LogP contribution in [0.1, 0.15) is 26.3 Å². The van der Waals surface area contributed by atoms with Crippen LogP contribution >= 0.6 is 46.9 Å². The molecule has 2 aromatic rings. The van der Waals surface area contributed by atoms with Crippen LogP contribution in [0.15, 0.2) is 34.1 Å². The number of aliphatic hydroxyl groups excluding tert-OH is 2. The van der Waals surface area contributed by atoms with Gasteiger partial charge in [0.25, 0.3) is 0 Å². The number of phosphoric ester groups is 2. The smallest absolute Gasteiger partial charge is 0.387 e. The number of aliphatic hydroxyl groups is 4. The van der Waals surface area contributed by atoms with Crippen molar-refractivity contribution in [3.05, 3.63) is 45.5 Å². The molecule has 16 N–H and O–H groups in total. The van der Waals surface area contributed by atoms with Crippen molar-refractivity contribution in [2.45, 2.75) is 61.9 Å². The Morgan fingerprint density at radius 2 is 0.917 bits per heavy atom. The van der Waals surface area contributed by atoms with Crippen LogP contribution in [-0.4, -0.2) is 128 Å². The molecule has 0 spiro atoms. The maximum Gasteiger partial charge on any atom is 0.490 e. The molecular weight excluding hydrogens is 958 g/mol. The zero-order chi connectivity index (χ0) is 46.2. The van der Waals surface area contributed by atoms with Gasteiger partial charge in [-0.15, -0.1) is 0 Å². The molecular formula is C20H36N6O28P6. The standard InChI is InChI=1S/2C10H18N3O14P3/c2*1-10(16)7(14)5(25-8(10)13-3-2-6(11)12-9(13)15)4-24-29(20,21)27-30(22,23)26-28(17,18)19/h2*2-3,5,7-8,14,16H,4H2,1H3,(H,20,21)(H,22,23)(H2,11,12,15)(H2,17,18,19)/t5-,7+,8-,10+;5-,7+,8-,10-/m11/s1. The minimum Gasteiger partial charge on any atom is -0.387 e. The first-order valence-corrected chi connectivity index (χ1v) is 24.3. The molecule has 2 saturated heterocycles. The summed E-state index contributed by atoms with van der Waals surface area (Å²) >= 11 is 0. The number of phosphoric acid groups is 6. The molecule has 2 aliphatic rings. The highest BCUT2D eigenvalue weighted by atomic mass is 31.3. The Labute approximate surface area is 332 Å². The van der Waals surface area contributed by atoms with Crippen LogP contribution in [0.5, 0.6) is 0 Å². The molecule has 40 heteroatoms. The molecule has 12 atom stereocenters. The summed E-state index contributed by atoms with van der Waals surface area (Å²) in [6, 6.07) is 2.40. The van der Waals surface area contributed by atoms with E-state index in [1.807, 2.05) is 0 Å². The molecule has 60 heavy (non-hydrogen) atoms. The fraction of sp³-hybridized carbons (Fsp3) is 0.600. The highest BCUT2D eigenvalue weighted by Crippen LogP contribution is 2.67. The van der Waals surface area contributed by atoms with Crippen LogP contribution in [0.3, 0.4) is 0 Å². The van der Waals surface area contributed by atoms with Crippen LogP contribution < -0.4 is 22.8 Å². The summed E-state index contributed by atoms with van der Waals surface area (Å²) in [6.07, 6.45) is -7.61. The lowest BCUT2D eigenvalue weighted by atomic mass is 9.96. The molecule has 4 unspecified atom stereocenters. The Hall–Kier alpha value is -2.06. The Morgan fingerprint density at radius 1 is 0.617 bits per heavy atom. The van der Waals surface area contributed by atoms with E-state index < -0.39 is 120 Å². The quantitative estimate of drug-likeness (QED) is 0.0721. The van der Waals surface area contributed by atoms with Gasteiger partial charge in [-0.3, -0.25) is 18.2 Å². The SMILES string of the molecule is C[C@@]1(O)[C@@H](O)[C@@H](COP(=O)(O)OP(=O)(O)OP(=O)(O)O)O[C@H]1n1ccc(N)nc1=O.C[C@]1(O)[C@@H](O)[C@@H](COP(=O)(O)OP(=O)(O)OP(=O)(O)O)O[C@H]1n1ccc(N)nc1=O. The fourth-order valence-corrected chi connectivity index (χ4v) is 11.0. The van der Waals surface area contributed by atoms with Gasteiger partial charge in [-0.25, -0.2) is 37.0 Å². The van der Waals surface area contributed by atoms with Gasteiger partial charge in [-0.05, 0) is 26.0 Å². The molecule has 0 bridgehead atoms. The molecule has 2 aromatic heterocycles. The van der Waals surface area contributed by atoms with E-state index in [0.29, 0.717) is 0 Å². The summed E-state index contributed by atoms with van der Waals surface area (Å²) in [5.41, 5.74) is 4.57. The van der Waals surface area contributed by atoms with Gasteiger partial charge in [0.1, 0.15) is 47.3 Å². The fourth-order valence-electron chi connectivity index (χ4n) is 4.91. The Kier molecular flexibility index (Phi) is 16.2. The van der Waals surface area contributed by atoms with E-state index in [0.717, 1.165) is 35.4 Å². The summed E-state index contributed by atoms with van der Waals surface area (Å²) in [5, 5.41) is 41.4. The highest BCUT2D eigenvalue weighted by molar-refractivity contribution is 7.67. The number of rotatable bonds is 16. The van der Waals surface area contributed by atoms with Crippen molar-refractivity contribution in [1.29, 1.82) is 0 Å². The number of hydrogen-bond donors (Lipinski definition) is 14. The van der Waals surface area contributed by atoms with Gasteiger partial charge in [0, 0.05) is 12.4 Å². The number of nitrogen functional groups attached to an aromatic ring is 2. The lowest BCUT2D eigenvalue weighted by Gasteiger charge is -2.27. The number of aromatic nitrogens is 4. The van der Waals surface area contributed by atoms with Gasteiger partial charge in [0.15, 0.2) is 12.5 Å². The number of nitrogens with two attached hydrogens (primary N) is 2. The van der Waals surface area contributed by atoms with Crippen molar-refractivity contribution in [3.8, 4) is 0 Å². The monoisotopic (exact) mass is 994 g/mol. The second-order valence-corrected chi connectivity index (χ2v) is 21.1. The third-order valence-electron chi connectivity index (χ3n) is 7.35. The average Bonchev–Trinajstić information content (AvgIpc) is 3.38. The van der Waals surface area contributed by atoms with Crippen LogP contribution in [0.25, 0.3) is 0 Å². The minimum absolute atomic E-state index is 0.126. The summed E-state index contributed by atoms with van der Waals surface area (Å²) < 4.78 is 102. The summed E-state index contributed by atoms with van der Waals surface area (Å²) in [4.78, 5) is 102. The number of ether oxygens (including phenoxy) is 2. The van der Waals surface area contributed by atoms with Crippen LogP contribution in [0.4, 0.5) is 11.6 Å². The molecule has 4 rings (SSSR count). The third-order valence-corrected chi connectivity index (χ3v) is 15.0. The molecule has 2 aliphatic heterocycles. The molecule has 344 valence electrons. The summed E-state index contributed by atoms with van der Waals surface area (Å²) in [5.74, 6) is -0.253. The normalized spacial score (nSPS) is 31.2. The maximum absolute atomic E-state index is 11.9. The van der Waals surface area contributed by atoms with Crippen LogP contribution in [-0.2, 0) is 63.2 Å². The van der Waals surface area contributed by atoms with E-state index >= 15 is 0 Å². The van der Waals surface area contributed by atoms with E-state index in [4.69, 9.17) is 50.3 Å². The predicted octanol–water partition coefficient (Wildman–Crippen LogP) is -3.64. The minimum atomic E-state index is -5.73. The maximum atomic E-state index is 11.9. The second kappa shape index (κ2) is 18.6. The molecule has 2 fully saturated rings. The van der Waals surface area contributed by atoms with Gasteiger partial charge in [-0.1, -0.05) is 0 Å². The Bertz CT molecular complexity index is 2140. The van der Waals surface area contributed by atoms with E-state index in [-0.39, 0.29) is 11.6 Å². The van der Waals surface area contributed by atoms with Crippen molar-refractivity contribution >= 4 is 58.6 Å². The number of anilines is 2. The van der Waals surface area contributed by atoms with E-state index in [1.165, 1.54) is 12.1 Å². The largest absolute Gasteiger partial charge is 0.490 e. The molecule has 4 heterocycles. The summed E-state index contributed by atoms with van der Waals surface area (Å²) in [7, 11) is -33.5. The van der Waals surface area contributed by atoms with Gasteiger partial charge in [0.05, 0.1) is 13.2 Å². The zero-order valence-corrected chi connectivity index (χ0v) is 35.1. The van der Waals surface area contributed by atoms with Crippen molar-refractivity contribution in [2.24, 2.45) is 0 Å². The van der Waals surface area contributed by atoms with Crippen molar-refractivity contribution in [1.82, 2.24) is 19.1 Å². The lowest BCUT2D eigenvalue weighted by molar-refractivity contribution is -0.0985. The van der Waals surface area contributed by atoms with Gasteiger partial charge >= 0.3 is 58.3 Å². The van der Waals surface area contributed by atoms with E-state index in [1.54, 1.807) is 0 Å². The van der Waals surface area contributed by atoms with Crippen LogP contribution in [0, 0.1) is 0 Å². The Balaban J connectivity index is 0.000000320. The van der Waals surface area contributed by atoms with E-state index in [9.17, 15) is 67.2 Å². The summed E-state index contributed by atoms with van der Waals surface area (Å²) in [6.45, 7) is 0.0925. The van der Waals surface area contributed by atoms with Crippen LogP contribution in [0.2, 0.25) is 0 Å². The van der Waals surface area contributed by atoms with Crippen molar-refractivity contribution < 1.29 is 123 Å². The first kappa shape index (κ1) is 52.3. The third kappa shape index (κ3) is 14.5. The topological polar surface area (TPSA) is 541 Å². The van der Waals surface area contributed by atoms with Gasteiger partial charge < -0.3 is 80.5 Å². The number of nitrogens with zero attached hydrogens (tertiary/aromatic N) is 4. The molecule has 0 aliphatic carbocycles. The first-order valence-electron chi connectivity index (χ1n) is 15.2. The van der Waals surface area contributed by atoms with Crippen molar-refractivity contribution in [2.75, 3.05) is 24.7 Å². The zero-order valence-electron chi connectivity index (χ0n) is 29.7. The van der Waals surface area contributed by atoms with Gasteiger partial charge in [-0.2, -0.15) is 27.2 Å². The highest BCUT2D eigenvalue weighted by Gasteiger charge is 2.56. The molecule has 0 saturated carbocycles. The molecule has 34 nitrogen and oxygen atoms in total. The van der Waals surface area contributed by atoms with Crippen molar-refractivity contribution in [3.63, 3.8) is 0 Å². The predicted molar refractivity (Wildman–Crippen MR) is 187 cm³/mol. The number of hydrogen-bond acceptors (Lipinski definition) is 24.